The molecule has 0 N–H and O–H groups in total. The number of piperidine rings is 1. The molecule has 1 aromatic carbocycles. The minimum atomic E-state index is 0.0185. The maximum atomic E-state index is 12.7. The van der Waals surface area contributed by atoms with E-state index in [0.717, 1.165) is 47.2 Å². The van der Waals surface area contributed by atoms with Crippen molar-refractivity contribution in [1.82, 2.24) is 19.9 Å². The first kappa shape index (κ1) is 21.3. The van der Waals surface area contributed by atoms with Crippen LogP contribution in [0.2, 0.25) is 0 Å². The van der Waals surface area contributed by atoms with Crippen LogP contribution in [0.5, 0.6) is 5.75 Å². The minimum Gasteiger partial charge on any atom is -0.484 e. The third kappa shape index (κ3) is 5.82. The second kappa shape index (κ2) is 10.4. The number of amides is 1. The number of pyridine rings is 1. The standard InChI is InChI=1S/C24H26N4O2S/c1-18-14-26-24(31-17-20-9-5-6-12-25-20)27-23(18)19-8-7-13-28(15-19)22(29)16-30-21-10-3-2-4-11-21/h2-6,9-12,14,19H,7-8,13,15-17H2,1H3/t19-/m0/s1. The molecule has 4 rings (SSSR count). The van der Waals surface area contributed by atoms with Gasteiger partial charge in [-0.15, -0.1) is 0 Å². The zero-order valence-corrected chi connectivity index (χ0v) is 18.4. The number of rotatable bonds is 7. The number of nitrogens with zero attached hydrogens (tertiary/aromatic N) is 4. The SMILES string of the molecule is Cc1cnc(SCc2ccccn2)nc1[C@H]1CCCN(C(=O)COc2ccccc2)C1. The van der Waals surface area contributed by atoms with Crippen molar-refractivity contribution in [1.29, 1.82) is 0 Å². The van der Waals surface area contributed by atoms with E-state index in [2.05, 4.69) is 9.97 Å². The summed E-state index contributed by atoms with van der Waals surface area (Å²) < 4.78 is 5.65. The molecule has 31 heavy (non-hydrogen) atoms. The lowest BCUT2D eigenvalue weighted by molar-refractivity contribution is -0.134. The zero-order chi connectivity index (χ0) is 21.5. The molecule has 1 atom stereocenters. The molecule has 3 heterocycles. The highest BCUT2D eigenvalue weighted by Gasteiger charge is 2.27. The number of hydrogen-bond donors (Lipinski definition) is 0. The first-order valence-electron chi connectivity index (χ1n) is 10.5. The van der Waals surface area contributed by atoms with E-state index in [4.69, 9.17) is 9.72 Å². The summed E-state index contributed by atoms with van der Waals surface area (Å²) >= 11 is 1.59. The number of para-hydroxylation sites is 1. The quantitative estimate of drug-likeness (QED) is 0.409. The van der Waals surface area contributed by atoms with Crippen molar-refractivity contribution in [3.63, 3.8) is 0 Å². The van der Waals surface area contributed by atoms with Gasteiger partial charge in [-0.2, -0.15) is 0 Å². The molecule has 0 bridgehead atoms. The lowest BCUT2D eigenvalue weighted by Gasteiger charge is -2.33. The average molecular weight is 435 g/mol. The van der Waals surface area contributed by atoms with Crippen LogP contribution < -0.4 is 4.74 Å². The van der Waals surface area contributed by atoms with E-state index in [0.29, 0.717) is 12.3 Å². The number of likely N-dealkylation sites (tertiary alicyclic amines) is 1. The van der Waals surface area contributed by atoms with E-state index in [-0.39, 0.29) is 18.4 Å². The molecule has 0 radical (unpaired) electrons. The fourth-order valence-electron chi connectivity index (χ4n) is 3.72. The van der Waals surface area contributed by atoms with Crippen molar-refractivity contribution in [2.45, 2.75) is 36.6 Å². The maximum absolute atomic E-state index is 12.7. The van der Waals surface area contributed by atoms with Crippen LogP contribution in [0.4, 0.5) is 0 Å². The third-order valence-corrected chi connectivity index (χ3v) is 6.23. The highest BCUT2D eigenvalue weighted by Crippen LogP contribution is 2.29. The van der Waals surface area contributed by atoms with Gasteiger partial charge in [0, 0.05) is 37.2 Å². The Bertz CT molecular complexity index is 1000. The lowest BCUT2D eigenvalue weighted by Crippen LogP contribution is -2.41. The van der Waals surface area contributed by atoms with Crippen molar-refractivity contribution in [3.05, 3.63) is 77.9 Å². The second-order valence-corrected chi connectivity index (χ2v) is 8.55. The smallest absolute Gasteiger partial charge is 0.260 e. The van der Waals surface area contributed by atoms with Crippen molar-refractivity contribution in [2.75, 3.05) is 19.7 Å². The van der Waals surface area contributed by atoms with Crippen LogP contribution in [0, 0.1) is 6.92 Å². The maximum Gasteiger partial charge on any atom is 0.260 e. The molecule has 160 valence electrons. The summed E-state index contributed by atoms with van der Waals surface area (Å²) in [6, 6.07) is 15.4. The van der Waals surface area contributed by atoms with Crippen LogP contribution >= 0.6 is 11.8 Å². The lowest BCUT2D eigenvalue weighted by atomic mass is 9.92. The van der Waals surface area contributed by atoms with Crippen LogP contribution in [0.15, 0.2) is 66.1 Å². The molecule has 0 spiro atoms. The fourth-order valence-corrected chi connectivity index (χ4v) is 4.46. The van der Waals surface area contributed by atoms with Gasteiger partial charge in [0.05, 0.1) is 11.4 Å². The molecule has 0 unspecified atom stereocenters. The Hall–Kier alpha value is -2.93. The summed E-state index contributed by atoms with van der Waals surface area (Å²) in [6.45, 7) is 3.53. The van der Waals surface area contributed by atoms with Crippen LogP contribution in [-0.2, 0) is 10.5 Å². The number of aromatic nitrogens is 3. The molecule has 1 saturated heterocycles. The summed E-state index contributed by atoms with van der Waals surface area (Å²) in [7, 11) is 0. The summed E-state index contributed by atoms with van der Waals surface area (Å²) in [5.74, 6) is 1.68. The number of ether oxygens (including phenoxy) is 1. The average Bonchev–Trinajstić information content (AvgIpc) is 2.83. The van der Waals surface area contributed by atoms with Gasteiger partial charge in [0.15, 0.2) is 11.8 Å². The van der Waals surface area contributed by atoms with Crippen LogP contribution in [0.1, 0.15) is 35.7 Å². The van der Waals surface area contributed by atoms with Crippen molar-refractivity contribution < 1.29 is 9.53 Å². The normalized spacial score (nSPS) is 16.2. The Kier molecular flexibility index (Phi) is 7.14. The highest BCUT2D eigenvalue weighted by atomic mass is 32.2. The Balaban J connectivity index is 1.38. The van der Waals surface area contributed by atoms with E-state index in [1.807, 2.05) is 66.6 Å². The van der Waals surface area contributed by atoms with Gasteiger partial charge in [0.2, 0.25) is 0 Å². The van der Waals surface area contributed by atoms with E-state index in [1.165, 1.54) is 0 Å². The number of carbonyl (C=O) groups excluding carboxylic acids is 1. The number of aryl methyl sites for hydroxylation is 1. The van der Waals surface area contributed by atoms with Gasteiger partial charge in [-0.3, -0.25) is 9.78 Å². The van der Waals surface area contributed by atoms with Gasteiger partial charge < -0.3 is 9.64 Å². The molecular formula is C24H26N4O2S. The Morgan fingerprint density at radius 2 is 2.00 bits per heavy atom. The molecule has 1 amide bonds. The molecule has 7 heteroatoms. The van der Waals surface area contributed by atoms with Gasteiger partial charge >= 0.3 is 0 Å². The number of hydrogen-bond acceptors (Lipinski definition) is 6. The zero-order valence-electron chi connectivity index (χ0n) is 17.6. The molecule has 1 aliphatic heterocycles. The summed E-state index contributed by atoms with van der Waals surface area (Å²) in [5, 5.41) is 0.752. The van der Waals surface area contributed by atoms with Crippen molar-refractivity contribution in [3.8, 4) is 5.75 Å². The van der Waals surface area contributed by atoms with Gasteiger partial charge in [0.25, 0.3) is 5.91 Å². The summed E-state index contributed by atoms with van der Waals surface area (Å²) in [5.41, 5.74) is 3.12. The molecule has 0 aliphatic carbocycles. The first-order valence-corrected chi connectivity index (χ1v) is 11.5. The Morgan fingerprint density at radius 3 is 2.81 bits per heavy atom. The predicted molar refractivity (Wildman–Crippen MR) is 121 cm³/mol. The Morgan fingerprint density at radius 1 is 1.16 bits per heavy atom. The second-order valence-electron chi connectivity index (χ2n) is 7.61. The largest absolute Gasteiger partial charge is 0.484 e. The molecule has 1 aliphatic rings. The third-order valence-electron chi connectivity index (χ3n) is 5.33. The van der Waals surface area contributed by atoms with E-state index in [9.17, 15) is 4.79 Å². The molecule has 0 saturated carbocycles. The van der Waals surface area contributed by atoms with Crippen molar-refractivity contribution in [2.24, 2.45) is 0 Å². The van der Waals surface area contributed by atoms with Gasteiger partial charge in [-0.05, 0) is 49.6 Å². The topological polar surface area (TPSA) is 68.2 Å². The molecule has 6 nitrogen and oxygen atoms in total. The first-order chi connectivity index (χ1) is 15.2. The van der Waals surface area contributed by atoms with E-state index < -0.39 is 0 Å². The highest BCUT2D eigenvalue weighted by molar-refractivity contribution is 7.98. The number of thioether (sulfide) groups is 1. The monoisotopic (exact) mass is 434 g/mol. The van der Waals surface area contributed by atoms with E-state index >= 15 is 0 Å². The predicted octanol–water partition coefficient (Wildman–Crippen LogP) is 4.26. The summed E-state index contributed by atoms with van der Waals surface area (Å²) in [4.78, 5) is 28.3. The molecular weight excluding hydrogens is 408 g/mol. The Labute approximate surface area is 187 Å². The van der Waals surface area contributed by atoms with Crippen LogP contribution in [0.25, 0.3) is 0 Å². The van der Waals surface area contributed by atoms with Gasteiger partial charge in [0.1, 0.15) is 5.75 Å². The van der Waals surface area contributed by atoms with Gasteiger partial charge in [-0.1, -0.05) is 36.0 Å². The van der Waals surface area contributed by atoms with Crippen molar-refractivity contribution >= 4 is 17.7 Å². The minimum absolute atomic E-state index is 0.0185. The van der Waals surface area contributed by atoms with Gasteiger partial charge in [-0.25, -0.2) is 9.97 Å². The van der Waals surface area contributed by atoms with E-state index in [1.54, 1.807) is 18.0 Å². The fraction of sp³-hybridized carbons (Fsp3) is 0.333. The summed E-state index contributed by atoms with van der Waals surface area (Å²) in [6.07, 6.45) is 5.67. The molecule has 1 fully saturated rings. The van der Waals surface area contributed by atoms with Crippen LogP contribution in [-0.4, -0.2) is 45.5 Å². The number of carbonyl (C=O) groups is 1. The number of benzene rings is 1. The van der Waals surface area contributed by atoms with Crippen LogP contribution in [0.3, 0.4) is 0 Å². The molecule has 3 aromatic rings. The molecule has 2 aromatic heterocycles.